The molecular weight excluding hydrogens is 395 g/mol. The van der Waals surface area contributed by atoms with Crippen molar-refractivity contribution in [1.82, 2.24) is 15.2 Å². The van der Waals surface area contributed by atoms with Gasteiger partial charge in [-0.25, -0.2) is 4.98 Å². The largest absolute Gasteiger partial charge is 0.381 e. The van der Waals surface area contributed by atoms with Gasteiger partial charge in [0.05, 0.1) is 5.01 Å². The molecule has 1 amide bonds. The maximum atomic E-state index is 12.5. The van der Waals surface area contributed by atoms with Gasteiger partial charge in [0.15, 0.2) is 0 Å². The van der Waals surface area contributed by atoms with Gasteiger partial charge in [-0.1, -0.05) is 6.42 Å². The number of carbonyl (C=O) groups excluding carboxylic acids is 1. The van der Waals surface area contributed by atoms with Gasteiger partial charge < -0.3 is 15.8 Å². The molecule has 2 saturated heterocycles. The molecule has 3 N–H and O–H groups in total. The number of ether oxygens (including phenoxy) is 1. The van der Waals surface area contributed by atoms with Crippen molar-refractivity contribution in [3.63, 3.8) is 0 Å². The van der Waals surface area contributed by atoms with E-state index in [9.17, 15) is 4.79 Å². The Labute approximate surface area is 172 Å². The minimum Gasteiger partial charge on any atom is -0.381 e. The molecule has 0 saturated carbocycles. The van der Waals surface area contributed by atoms with Gasteiger partial charge in [0.2, 0.25) is 0 Å². The smallest absolute Gasteiger partial charge is 0.270 e. The summed E-state index contributed by atoms with van der Waals surface area (Å²) in [5, 5.41) is 5.90. The van der Waals surface area contributed by atoms with Gasteiger partial charge in [-0.05, 0) is 45.3 Å². The third-order valence-electron chi connectivity index (χ3n) is 5.17. The molecule has 2 aliphatic rings. The number of nitrogens with two attached hydrogens (primary N) is 1. The molecule has 0 bridgehead atoms. The fourth-order valence-electron chi connectivity index (χ4n) is 3.71. The number of nitrogens with one attached hydrogen (secondary N) is 1. The summed E-state index contributed by atoms with van der Waals surface area (Å²) in [6.45, 7) is 5.07. The van der Waals surface area contributed by atoms with E-state index in [-0.39, 0.29) is 36.3 Å². The fourth-order valence-corrected chi connectivity index (χ4v) is 4.51. The molecule has 0 atom stereocenters. The van der Waals surface area contributed by atoms with Gasteiger partial charge in [0, 0.05) is 37.1 Å². The molecule has 1 aromatic heterocycles. The van der Waals surface area contributed by atoms with Crippen LogP contribution in [0.5, 0.6) is 0 Å². The lowest BCUT2D eigenvalue weighted by Gasteiger charge is -2.48. The van der Waals surface area contributed by atoms with Gasteiger partial charge in [-0.3, -0.25) is 9.69 Å². The van der Waals surface area contributed by atoms with Gasteiger partial charge in [-0.2, -0.15) is 0 Å². The molecule has 0 aliphatic carbocycles. The number of rotatable bonds is 6. The Balaban J connectivity index is 0.00000169. The zero-order valence-electron chi connectivity index (χ0n) is 15.1. The molecule has 6 nitrogen and oxygen atoms in total. The second kappa shape index (κ2) is 11.4. The zero-order chi connectivity index (χ0) is 16.8. The third-order valence-corrected chi connectivity index (χ3v) is 6.08. The Kier molecular flexibility index (Phi) is 10.4. The van der Waals surface area contributed by atoms with E-state index in [0.717, 1.165) is 50.6 Å². The summed E-state index contributed by atoms with van der Waals surface area (Å²) in [5.41, 5.74) is 6.11. The SMILES string of the molecule is Cl.Cl.NCCc1nc(C(=O)NCC2(N3CCCCC3)CCOCC2)cs1. The van der Waals surface area contributed by atoms with Gasteiger partial charge in [0.1, 0.15) is 5.69 Å². The molecule has 3 heterocycles. The molecule has 26 heavy (non-hydrogen) atoms. The number of nitrogens with zero attached hydrogens (tertiary/aromatic N) is 2. The van der Waals surface area contributed by atoms with Crippen LogP contribution in [0.4, 0.5) is 0 Å². The average molecular weight is 425 g/mol. The van der Waals surface area contributed by atoms with E-state index in [1.54, 1.807) is 0 Å². The molecule has 150 valence electrons. The Bertz CT molecular complexity index is 547. The first kappa shape index (κ1) is 23.6. The van der Waals surface area contributed by atoms with E-state index in [4.69, 9.17) is 10.5 Å². The van der Waals surface area contributed by atoms with Crippen LogP contribution in [0.2, 0.25) is 0 Å². The fraction of sp³-hybridized carbons (Fsp3) is 0.765. The molecule has 3 rings (SSSR count). The Morgan fingerprint density at radius 3 is 2.62 bits per heavy atom. The number of hydrogen-bond donors (Lipinski definition) is 2. The van der Waals surface area contributed by atoms with Gasteiger partial charge in [0.25, 0.3) is 5.91 Å². The van der Waals surface area contributed by atoms with Crippen LogP contribution in [0.25, 0.3) is 0 Å². The highest BCUT2D eigenvalue weighted by atomic mass is 35.5. The topological polar surface area (TPSA) is 80.5 Å². The number of hydrogen-bond acceptors (Lipinski definition) is 6. The summed E-state index contributed by atoms with van der Waals surface area (Å²) < 4.78 is 5.58. The lowest BCUT2D eigenvalue weighted by Crippen LogP contribution is -2.59. The Morgan fingerprint density at radius 2 is 1.96 bits per heavy atom. The quantitative estimate of drug-likeness (QED) is 0.731. The number of carbonyl (C=O) groups is 1. The predicted octanol–water partition coefficient (Wildman–Crippen LogP) is 2.25. The molecule has 0 spiro atoms. The van der Waals surface area contributed by atoms with E-state index in [0.29, 0.717) is 18.8 Å². The summed E-state index contributed by atoms with van der Waals surface area (Å²) in [5.74, 6) is -0.0719. The van der Waals surface area contributed by atoms with Crippen LogP contribution in [0.1, 0.15) is 47.6 Å². The van der Waals surface area contributed by atoms with Crippen molar-refractivity contribution in [2.45, 2.75) is 44.1 Å². The van der Waals surface area contributed by atoms with Crippen molar-refractivity contribution in [3.05, 3.63) is 16.1 Å². The highest BCUT2D eigenvalue weighted by Gasteiger charge is 2.39. The first-order valence-corrected chi connectivity index (χ1v) is 9.87. The van der Waals surface area contributed by atoms with Crippen molar-refractivity contribution >= 4 is 42.1 Å². The molecule has 9 heteroatoms. The van der Waals surface area contributed by atoms with E-state index in [1.807, 2.05) is 5.38 Å². The molecule has 0 aromatic carbocycles. The lowest BCUT2D eigenvalue weighted by molar-refractivity contribution is -0.0349. The van der Waals surface area contributed by atoms with Crippen LogP contribution in [-0.2, 0) is 11.2 Å². The molecule has 2 aliphatic heterocycles. The number of likely N-dealkylation sites (tertiary alicyclic amines) is 1. The maximum absolute atomic E-state index is 12.5. The van der Waals surface area contributed by atoms with E-state index in [1.165, 1.54) is 30.6 Å². The minimum absolute atomic E-state index is 0. The average Bonchev–Trinajstić information content (AvgIpc) is 3.10. The van der Waals surface area contributed by atoms with Crippen LogP contribution >= 0.6 is 36.2 Å². The summed E-state index contributed by atoms with van der Waals surface area (Å²) in [7, 11) is 0. The van der Waals surface area contributed by atoms with Crippen molar-refractivity contribution in [2.24, 2.45) is 5.73 Å². The maximum Gasteiger partial charge on any atom is 0.270 e. The van der Waals surface area contributed by atoms with E-state index < -0.39 is 0 Å². The molecule has 2 fully saturated rings. The van der Waals surface area contributed by atoms with Crippen LogP contribution in [0.15, 0.2) is 5.38 Å². The standard InChI is InChI=1S/C17H28N4O2S.2ClH/c18-7-4-15-20-14(12-24-15)16(22)19-13-17(5-10-23-11-6-17)21-8-2-1-3-9-21;;/h12H,1-11,13,18H2,(H,19,22);2*1H. The lowest BCUT2D eigenvalue weighted by atomic mass is 9.86. The summed E-state index contributed by atoms with van der Waals surface area (Å²) in [4.78, 5) is 19.5. The number of piperidine rings is 1. The number of thiazole rings is 1. The highest BCUT2D eigenvalue weighted by Crippen LogP contribution is 2.30. The zero-order valence-corrected chi connectivity index (χ0v) is 17.5. The molecular formula is C17H30Cl2N4O2S. The van der Waals surface area contributed by atoms with E-state index >= 15 is 0 Å². The van der Waals surface area contributed by atoms with Crippen molar-refractivity contribution < 1.29 is 9.53 Å². The molecule has 0 radical (unpaired) electrons. The van der Waals surface area contributed by atoms with Crippen molar-refractivity contribution in [1.29, 1.82) is 0 Å². The first-order chi connectivity index (χ1) is 11.7. The van der Waals surface area contributed by atoms with Crippen LogP contribution in [0.3, 0.4) is 0 Å². The van der Waals surface area contributed by atoms with Crippen molar-refractivity contribution in [3.8, 4) is 0 Å². The summed E-state index contributed by atoms with van der Waals surface area (Å²) >= 11 is 1.51. The Hall–Kier alpha value is -0.440. The normalized spacial score (nSPS) is 19.9. The van der Waals surface area contributed by atoms with Crippen LogP contribution < -0.4 is 11.1 Å². The molecule has 1 aromatic rings. The summed E-state index contributed by atoms with van der Waals surface area (Å²) in [6.07, 6.45) is 6.53. The second-order valence-corrected chi connectivity index (χ2v) is 7.67. The second-order valence-electron chi connectivity index (χ2n) is 6.73. The monoisotopic (exact) mass is 424 g/mol. The first-order valence-electron chi connectivity index (χ1n) is 8.99. The van der Waals surface area contributed by atoms with Crippen LogP contribution in [-0.4, -0.2) is 60.7 Å². The number of amides is 1. The predicted molar refractivity (Wildman–Crippen MR) is 110 cm³/mol. The van der Waals surface area contributed by atoms with Gasteiger partial charge >= 0.3 is 0 Å². The molecule has 0 unspecified atom stereocenters. The van der Waals surface area contributed by atoms with E-state index in [2.05, 4.69) is 15.2 Å². The Morgan fingerprint density at radius 1 is 1.27 bits per heavy atom. The van der Waals surface area contributed by atoms with Crippen molar-refractivity contribution in [2.75, 3.05) is 39.4 Å². The van der Waals surface area contributed by atoms with Gasteiger partial charge in [-0.15, -0.1) is 36.2 Å². The minimum atomic E-state index is -0.0719. The third kappa shape index (κ3) is 5.78. The highest BCUT2D eigenvalue weighted by molar-refractivity contribution is 7.09. The van der Waals surface area contributed by atoms with Crippen LogP contribution in [0, 0.1) is 0 Å². The number of aromatic nitrogens is 1. The summed E-state index contributed by atoms with van der Waals surface area (Å²) in [6, 6.07) is 0. The number of halogens is 2.